The number of alkyl halides is 1. The Balaban J connectivity index is 2.42. The lowest BCUT2D eigenvalue weighted by Gasteiger charge is -2.30. The number of fused-ring (bicyclic) bond motifs is 2. The van der Waals surface area contributed by atoms with Crippen LogP contribution in [0.15, 0.2) is 0 Å². The molecule has 0 aromatic heterocycles. The van der Waals surface area contributed by atoms with Crippen LogP contribution in [0.3, 0.4) is 0 Å². The Kier molecular flexibility index (Phi) is 1.46. The summed E-state index contributed by atoms with van der Waals surface area (Å²) in [5.74, 6) is 1.17. The molecule has 0 aromatic rings. The van der Waals surface area contributed by atoms with Crippen molar-refractivity contribution >= 4 is 28.4 Å². The number of Topliss-reactive ketones (excluding diaryl/α,β-unsaturated/α-hetero) is 1. The predicted octanol–water partition coefficient (Wildman–Crippen LogP) is 2.57. The third-order valence-electron chi connectivity index (χ3n) is 3.47. The lowest BCUT2D eigenvalue weighted by Crippen LogP contribution is -2.37. The van der Waals surface area contributed by atoms with E-state index >= 15 is 0 Å². The summed E-state index contributed by atoms with van der Waals surface area (Å²) in [4.78, 5) is 11.8. The number of hydrogen-bond donors (Lipinski definition) is 0. The summed E-state index contributed by atoms with van der Waals surface area (Å²) in [5, 5.41) is 0. The van der Waals surface area contributed by atoms with E-state index in [0.717, 1.165) is 12.8 Å². The Morgan fingerprint density at radius 1 is 1.55 bits per heavy atom. The first-order valence-electron chi connectivity index (χ1n) is 4.21. The summed E-state index contributed by atoms with van der Waals surface area (Å²) in [6.07, 6.45) is 3.53. The van der Waals surface area contributed by atoms with E-state index in [1.54, 1.807) is 0 Å². The molecule has 0 aliphatic heterocycles. The second-order valence-electron chi connectivity index (χ2n) is 4.46. The lowest BCUT2D eigenvalue weighted by molar-refractivity contribution is -0.128. The zero-order valence-electron chi connectivity index (χ0n) is 6.98. The summed E-state index contributed by atoms with van der Waals surface area (Å²) in [7, 11) is 0. The highest BCUT2D eigenvalue weighted by molar-refractivity contribution is 14.1. The second-order valence-corrected chi connectivity index (χ2v) is 6.52. The molecule has 0 aromatic carbocycles. The van der Waals surface area contributed by atoms with E-state index in [1.165, 1.54) is 6.42 Å². The Morgan fingerprint density at radius 2 is 2.18 bits per heavy atom. The van der Waals surface area contributed by atoms with Crippen molar-refractivity contribution in [3.8, 4) is 0 Å². The van der Waals surface area contributed by atoms with Gasteiger partial charge in [-0.15, -0.1) is 0 Å². The van der Waals surface area contributed by atoms with Crippen molar-refractivity contribution in [1.82, 2.24) is 0 Å². The maximum Gasteiger partial charge on any atom is 0.154 e. The molecule has 2 aliphatic carbocycles. The minimum atomic E-state index is -0.0144. The smallest absolute Gasteiger partial charge is 0.154 e. The molecule has 2 saturated carbocycles. The molecule has 11 heavy (non-hydrogen) atoms. The van der Waals surface area contributed by atoms with Crippen LogP contribution in [0.2, 0.25) is 0 Å². The zero-order chi connectivity index (χ0) is 8.28. The van der Waals surface area contributed by atoms with Gasteiger partial charge in [0.2, 0.25) is 0 Å². The van der Waals surface area contributed by atoms with Crippen LogP contribution in [0, 0.1) is 11.3 Å². The van der Waals surface area contributed by atoms with Gasteiger partial charge in [-0.3, -0.25) is 4.79 Å². The molecule has 2 fully saturated rings. The first-order valence-corrected chi connectivity index (χ1v) is 5.28. The fourth-order valence-electron chi connectivity index (χ4n) is 2.58. The number of rotatable bonds is 0. The zero-order valence-corrected chi connectivity index (χ0v) is 9.14. The van der Waals surface area contributed by atoms with Gasteiger partial charge < -0.3 is 0 Å². The van der Waals surface area contributed by atoms with Crippen molar-refractivity contribution in [1.29, 1.82) is 0 Å². The number of carbonyl (C=O) groups excluding carboxylic acids is 1. The summed E-state index contributed by atoms with van der Waals surface area (Å²) in [6, 6.07) is 0. The van der Waals surface area contributed by atoms with Crippen LogP contribution in [-0.2, 0) is 4.79 Å². The van der Waals surface area contributed by atoms with E-state index in [9.17, 15) is 4.79 Å². The largest absolute Gasteiger partial charge is 0.298 e. The molecule has 0 amide bonds. The van der Waals surface area contributed by atoms with Gasteiger partial charge in [-0.05, 0) is 25.2 Å². The van der Waals surface area contributed by atoms with Crippen molar-refractivity contribution in [2.24, 2.45) is 11.3 Å². The normalized spacial score (nSPS) is 46.8. The van der Waals surface area contributed by atoms with E-state index in [-0.39, 0.29) is 8.84 Å². The van der Waals surface area contributed by atoms with E-state index in [2.05, 4.69) is 36.4 Å². The molecule has 62 valence electrons. The van der Waals surface area contributed by atoms with Gasteiger partial charge in [-0.25, -0.2) is 0 Å². The van der Waals surface area contributed by atoms with Crippen LogP contribution in [0.5, 0.6) is 0 Å². The maximum absolute atomic E-state index is 11.8. The fourth-order valence-corrected chi connectivity index (χ4v) is 4.12. The Bertz CT molecular complexity index is 215. The first kappa shape index (κ1) is 8.02. The summed E-state index contributed by atoms with van der Waals surface area (Å²) in [5.41, 5.74) is -0.0144. The summed E-state index contributed by atoms with van der Waals surface area (Å²) < 4.78 is 0.0337. The van der Waals surface area contributed by atoms with E-state index in [1.807, 2.05) is 0 Å². The SMILES string of the molecule is CC1(C)C(=O)[C@]2(I)CC[C@H]1C2. The minimum absolute atomic E-state index is 0.0144. The fraction of sp³-hybridized carbons (Fsp3) is 0.889. The molecule has 0 spiro atoms. The Hall–Kier alpha value is 0.400. The van der Waals surface area contributed by atoms with Crippen LogP contribution in [-0.4, -0.2) is 9.20 Å². The number of hydrogen-bond acceptors (Lipinski definition) is 1. The third-order valence-corrected chi connectivity index (χ3v) is 4.94. The molecule has 2 bridgehead atoms. The molecular formula is C9H13IO. The topological polar surface area (TPSA) is 17.1 Å². The number of halogens is 1. The van der Waals surface area contributed by atoms with Crippen LogP contribution in [0.4, 0.5) is 0 Å². The quantitative estimate of drug-likeness (QED) is 0.485. The molecule has 2 aliphatic rings. The van der Waals surface area contributed by atoms with Crippen LogP contribution < -0.4 is 0 Å². The summed E-state index contributed by atoms with van der Waals surface area (Å²) >= 11 is 2.37. The van der Waals surface area contributed by atoms with Crippen LogP contribution in [0.25, 0.3) is 0 Å². The lowest BCUT2D eigenvalue weighted by atomic mass is 9.76. The van der Waals surface area contributed by atoms with Crippen molar-refractivity contribution in [3.63, 3.8) is 0 Å². The van der Waals surface area contributed by atoms with Crippen molar-refractivity contribution in [2.45, 2.75) is 36.5 Å². The highest BCUT2D eigenvalue weighted by Crippen LogP contribution is 2.59. The van der Waals surface area contributed by atoms with Gasteiger partial charge in [-0.1, -0.05) is 36.4 Å². The molecular weight excluding hydrogens is 251 g/mol. The number of carbonyl (C=O) groups is 1. The molecule has 0 unspecified atom stereocenters. The van der Waals surface area contributed by atoms with Crippen LogP contribution in [0.1, 0.15) is 33.1 Å². The minimum Gasteiger partial charge on any atom is -0.298 e. The van der Waals surface area contributed by atoms with Crippen molar-refractivity contribution in [3.05, 3.63) is 0 Å². The Morgan fingerprint density at radius 3 is 2.45 bits per heavy atom. The highest BCUT2D eigenvalue weighted by Gasteiger charge is 2.60. The molecule has 2 heteroatoms. The maximum atomic E-state index is 11.8. The average molecular weight is 264 g/mol. The van der Waals surface area contributed by atoms with E-state index in [0.29, 0.717) is 11.7 Å². The molecule has 0 radical (unpaired) electrons. The van der Waals surface area contributed by atoms with Gasteiger partial charge in [0.15, 0.2) is 5.78 Å². The molecule has 2 atom stereocenters. The molecule has 2 rings (SSSR count). The number of ketones is 1. The van der Waals surface area contributed by atoms with E-state index < -0.39 is 0 Å². The molecule has 1 nitrogen and oxygen atoms in total. The average Bonchev–Trinajstić information content (AvgIpc) is 2.36. The Labute approximate surface area is 81.1 Å². The predicted molar refractivity (Wildman–Crippen MR) is 52.9 cm³/mol. The van der Waals surface area contributed by atoms with Gasteiger partial charge >= 0.3 is 0 Å². The summed E-state index contributed by atoms with van der Waals surface area (Å²) in [6.45, 7) is 4.22. The monoisotopic (exact) mass is 264 g/mol. The third kappa shape index (κ3) is 0.849. The van der Waals surface area contributed by atoms with Crippen LogP contribution >= 0.6 is 22.6 Å². The molecule has 0 N–H and O–H groups in total. The van der Waals surface area contributed by atoms with Gasteiger partial charge in [0.1, 0.15) is 0 Å². The van der Waals surface area contributed by atoms with Gasteiger partial charge in [0.05, 0.1) is 3.42 Å². The standard InChI is InChI=1S/C9H13IO/c1-8(2)6-3-4-9(10,5-6)7(8)11/h6H,3-5H2,1-2H3/t6-,9-/m0/s1. The highest BCUT2D eigenvalue weighted by atomic mass is 127. The van der Waals surface area contributed by atoms with E-state index in [4.69, 9.17) is 0 Å². The van der Waals surface area contributed by atoms with Crippen molar-refractivity contribution in [2.75, 3.05) is 0 Å². The molecule has 0 heterocycles. The van der Waals surface area contributed by atoms with Crippen molar-refractivity contribution < 1.29 is 4.79 Å². The van der Waals surface area contributed by atoms with Gasteiger partial charge in [0, 0.05) is 5.41 Å². The van der Waals surface area contributed by atoms with Gasteiger partial charge in [0.25, 0.3) is 0 Å². The molecule has 0 saturated heterocycles. The van der Waals surface area contributed by atoms with Gasteiger partial charge in [-0.2, -0.15) is 0 Å². The first-order chi connectivity index (χ1) is 4.97. The second kappa shape index (κ2) is 2.01.